The van der Waals surface area contributed by atoms with E-state index in [9.17, 15) is 4.79 Å². The Kier molecular flexibility index (Phi) is 4.76. The lowest BCUT2D eigenvalue weighted by molar-refractivity contribution is -0.137. The molecule has 66 valence electrons. The minimum atomic E-state index is -1.45. The van der Waals surface area contributed by atoms with Crippen molar-refractivity contribution in [2.24, 2.45) is 0 Å². The van der Waals surface area contributed by atoms with Crippen molar-refractivity contribution in [3.05, 3.63) is 0 Å². The van der Waals surface area contributed by atoms with Crippen LogP contribution in [0.25, 0.3) is 0 Å². The van der Waals surface area contributed by atoms with Gasteiger partial charge in [0, 0.05) is 6.42 Å². The molecular formula is C7H15ClO2Si. The van der Waals surface area contributed by atoms with Crippen LogP contribution in [0.2, 0.25) is 19.1 Å². The first-order valence-electron chi connectivity index (χ1n) is 3.82. The van der Waals surface area contributed by atoms with Crippen molar-refractivity contribution in [3.63, 3.8) is 0 Å². The van der Waals surface area contributed by atoms with Gasteiger partial charge in [0.15, 0.2) is 0 Å². The zero-order valence-electron chi connectivity index (χ0n) is 7.06. The summed E-state index contributed by atoms with van der Waals surface area (Å²) in [6.45, 7) is 4.16. The minimum absolute atomic E-state index is 0.279. The molecule has 0 radical (unpaired) electrons. The molecule has 2 nitrogen and oxygen atoms in total. The highest BCUT2D eigenvalue weighted by molar-refractivity contribution is 7.19. The highest BCUT2D eigenvalue weighted by Crippen LogP contribution is 2.17. The number of halogens is 1. The summed E-state index contributed by atoms with van der Waals surface area (Å²) in [5.41, 5.74) is 0. The van der Waals surface area contributed by atoms with E-state index >= 15 is 0 Å². The summed E-state index contributed by atoms with van der Waals surface area (Å²) in [4.78, 5) is 10.1. The molecule has 0 saturated heterocycles. The number of carboxylic acid groups (broad SMARTS) is 1. The molecule has 0 aromatic carbocycles. The molecule has 1 N–H and O–H groups in total. The van der Waals surface area contributed by atoms with Crippen molar-refractivity contribution < 1.29 is 9.90 Å². The quantitative estimate of drug-likeness (QED) is 0.415. The molecule has 0 bridgehead atoms. The first kappa shape index (κ1) is 11.0. The van der Waals surface area contributed by atoms with Gasteiger partial charge in [-0.3, -0.25) is 4.79 Å². The van der Waals surface area contributed by atoms with E-state index in [1.165, 1.54) is 0 Å². The summed E-state index contributed by atoms with van der Waals surface area (Å²) in [6.07, 6.45) is 1.99. The Bertz CT molecular complexity index is 131. The van der Waals surface area contributed by atoms with Crippen LogP contribution in [0.4, 0.5) is 0 Å². The monoisotopic (exact) mass is 194 g/mol. The zero-order chi connectivity index (χ0) is 8.91. The van der Waals surface area contributed by atoms with Crippen LogP contribution in [0.1, 0.15) is 19.3 Å². The molecule has 0 amide bonds. The number of carbonyl (C=O) groups is 1. The maximum Gasteiger partial charge on any atom is 0.303 e. The van der Waals surface area contributed by atoms with Gasteiger partial charge in [-0.2, -0.15) is 11.1 Å². The van der Waals surface area contributed by atoms with Crippen molar-refractivity contribution >= 4 is 24.4 Å². The third-order valence-electron chi connectivity index (χ3n) is 1.41. The number of unbranched alkanes of at least 4 members (excludes halogenated alkanes) is 1. The van der Waals surface area contributed by atoms with Crippen molar-refractivity contribution in [1.29, 1.82) is 0 Å². The Balaban J connectivity index is 3.22. The summed E-state index contributed by atoms with van der Waals surface area (Å²) in [7, 11) is -1.45. The average Bonchev–Trinajstić information content (AvgIpc) is 1.78. The molecule has 0 fully saturated rings. The number of carboxylic acids is 1. The average molecular weight is 195 g/mol. The fourth-order valence-corrected chi connectivity index (χ4v) is 2.31. The highest BCUT2D eigenvalue weighted by Gasteiger charge is 2.15. The second-order valence-corrected chi connectivity index (χ2v) is 10.3. The minimum Gasteiger partial charge on any atom is -0.481 e. The van der Waals surface area contributed by atoms with Gasteiger partial charge in [-0.25, -0.2) is 0 Å². The molecule has 11 heavy (non-hydrogen) atoms. The molecule has 0 rings (SSSR count). The van der Waals surface area contributed by atoms with Crippen molar-refractivity contribution in [1.82, 2.24) is 0 Å². The molecule has 0 atom stereocenters. The third-order valence-corrected chi connectivity index (χ3v) is 3.52. The van der Waals surface area contributed by atoms with E-state index in [4.69, 9.17) is 16.2 Å². The lowest BCUT2D eigenvalue weighted by Gasteiger charge is -2.10. The summed E-state index contributed by atoms with van der Waals surface area (Å²) in [5.74, 6) is -0.709. The van der Waals surface area contributed by atoms with Gasteiger partial charge in [0.2, 0.25) is 0 Å². The normalized spacial score (nSPS) is 11.5. The van der Waals surface area contributed by atoms with E-state index < -0.39 is 13.4 Å². The van der Waals surface area contributed by atoms with Gasteiger partial charge in [0.1, 0.15) is 7.38 Å². The van der Waals surface area contributed by atoms with E-state index in [1.807, 2.05) is 0 Å². The second kappa shape index (κ2) is 4.77. The van der Waals surface area contributed by atoms with Crippen LogP contribution < -0.4 is 0 Å². The maximum atomic E-state index is 10.1. The molecule has 0 unspecified atom stereocenters. The smallest absolute Gasteiger partial charge is 0.303 e. The molecule has 0 heterocycles. The summed E-state index contributed by atoms with van der Waals surface area (Å²) in [5, 5.41) is 8.32. The van der Waals surface area contributed by atoms with E-state index in [-0.39, 0.29) is 6.42 Å². The molecule has 0 aromatic heterocycles. The van der Waals surface area contributed by atoms with Crippen LogP contribution in [-0.2, 0) is 4.79 Å². The molecule has 0 spiro atoms. The molecular weight excluding hydrogens is 180 g/mol. The Hall–Kier alpha value is -0.0231. The van der Waals surface area contributed by atoms with Gasteiger partial charge in [-0.1, -0.05) is 19.5 Å². The molecule has 0 aromatic rings. The second-order valence-electron chi connectivity index (χ2n) is 3.32. The number of hydrogen-bond donors (Lipinski definition) is 1. The van der Waals surface area contributed by atoms with Crippen molar-refractivity contribution in [3.8, 4) is 0 Å². The Morgan fingerprint density at radius 2 is 2.00 bits per heavy atom. The lowest BCUT2D eigenvalue weighted by Crippen LogP contribution is -2.15. The number of rotatable bonds is 5. The Labute approximate surface area is 73.3 Å². The molecule has 4 heteroatoms. The molecule has 0 aliphatic carbocycles. The van der Waals surface area contributed by atoms with Crippen molar-refractivity contribution in [2.45, 2.75) is 38.4 Å². The van der Waals surface area contributed by atoms with Gasteiger partial charge >= 0.3 is 5.97 Å². The predicted octanol–water partition coefficient (Wildman–Crippen LogP) is 2.69. The van der Waals surface area contributed by atoms with Crippen LogP contribution in [0.5, 0.6) is 0 Å². The fourth-order valence-electron chi connectivity index (χ4n) is 0.822. The summed E-state index contributed by atoms with van der Waals surface area (Å²) < 4.78 is 0. The zero-order valence-corrected chi connectivity index (χ0v) is 8.82. The van der Waals surface area contributed by atoms with Gasteiger partial charge < -0.3 is 5.11 Å². The third kappa shape index (κ3) is 9.98. The first-order chi connectivity index (χ1) is 4.92. The van der Waals surface area contributed by atoms with E-state index in [1.54, 1.807) is 0 Å². The first-order valence-corrected chi connectivity index (χ1v) is 8.04. The van der Waals surface area contributed by atoms with Gasteiger partial charge in [0.05, 0.1) is 0 Å². The van der Waals surface area contributed by atoms with Crippen LogP contribution in [0, 0.1) is 0 Å². The lowest BCUT2D eigenvalue weighted by atomic mass is 10.2. The number of hydrogen-bond acceptors (Lipinski definition) is 1. The largest absolute Gasteiger partial charge is 0.481 e. The molecule has 0 saturated carbocycles. The fraction of sp³-hybridized carbons (Fsp3) is 0.857. The highest BCUT2D eigenvalue weighted by atomic mass is 35.6. The topological polar surface area (TPSA) is 37.3 Å². The van der Waals surface area contributed by atoms with Gasteiger partial charge in [-0.15, -0.1) is 0 Å². The summed E-state index contributed by atoms with van der Waals surface area (Å²) >= 11 is 6.04. The predicted molar refractivity (Wildman–Crippen MR) is 49.6 cm³/mol. The van der Waals surface area contributed by atoms with Gasteiger partial charge in [0.25, 0.3) is 0 Å². The summed E-state index contributed by atoms with van der Waals surface area (Å²) in [6, 6.07) is 1.02. The number of aliphatic carboxylic acids is 1. The maximum absolute atomic E-state index is 10.1. The van der Waals surface area contributed by atoms with Crippen LogP contribution >= 0.6 is 11.1 Å². The van der Waals surface area contributed by atoms with E-state index in [2.05, 4.69) is 13.1 Å². The molecule has 0 aliphatic rings. The van der Waals surface area contributed by atoms with Gasteiger partial charge in [-0.05, 0) is 12.5 Å². The Morgan fingerprint density at radius 1 is 1.45 bits per heavy atom. The standard InChI is InChI=1S/C7H15ClO2Si/c1-11(2,8)6-4-3-5-7(9)10/h3-6H2,1-2H3,(H,9,10). The van der Waals surface area contributed by atoms with Crippen molar-refractivity contribution in [2.75, 3.05) is 0 Å². The molecule has 0 aliphatic heterocycles. The van der Waals surface area contributed by atoms with E-state index in [0.29, 0.717) is 0 Å². The van der Waals surface area contributed by atoms with Crippen LogP contribution in [0.15, 0.2) is 0 Å². The SMILES string of the molecule is C[Si](C)(Cl)CCCCC(=O)O. The van der Waals surface area contributed by atoms with Crippen LogP contribution in [-0.4, -0.2) is 18.5 Å². The van der Waals surface area contributed by atoms with E-state index in [0.717, 1.165) is 18.9 Å². The van der Waals surface area contributed by atoms with Crippen LogP contribution in [0.3, 0.4) is 0 Å². The Morgan fingerprint density at radius 3 is 2.36 bits per heavy atom.